The van der Waals surface area contributed by atoms with E-state index in [-0.39, 0.29) is 18.4 Å². The first-order valence-corrected chi connectivity index (χ1v) is 6.12. The van der Waals surface area contributed by atoms with E-state index in [2.05, 4.69) is 0 Å². The molecule has 1 heterocycles. The minimum absolute atomic E-state index is 0. The monoisotopic (exact) mass is 274 g/mol. The van der Waals surface area contributed by atoms with Gasteiger partial charge < -0.3 is 4.74 Å². The standard InChI is InChI=1S/C16H14O2.ClH/c17-15-16(11-12-18-15,13-7-3-1-4-8-13)14-9-5-2-6-10-14;/h1-10H,11-12H2;1H. The molecule has 0 atom stereocenters. The fourth-order valence-corrected chi connectivity index (χ4v) is 2.66. The summed E-state index contributed by atoms with van der Waals surface area (Å²) in [4.78, 5) is 12.3. The summed E-state index contributed by atoms with van der Waals surface area (Å²) < 4.78 is 5.24. The molecule has 0 radical (unpaired) electrons. The maximum Gasteiger partial charge on any atom is 0.321 e. The largest absolute Gasteiger partial charge is 0.465 e. The van der Waals surface area contributed by atoms with E-state index in [0.29, 0.717) is 13.0 Å². The summed E-state index contributed by atoms with van der Waals surface area (Å²) in [6, 6.07) is 19.8. The van der Waals surface area contributed by atoms with Crippen LogP contribution in [0, 0.1) is 0 Å². The van der Waals surface area contributed by atoms with Crippen LogP contribution in [0.5, 0.6) is 0 Å². The molecule has 0 unspecified atom stereocenters. The van der Waals surface area contributed by atoms with E-state index < -0.39 is 5.41 Å². The van der Waals surface area contributed by atoms with Gasteiger partial charge in [0, 0.05) is 6.42 Å². The number of carbonyl (C=O) groups excluding carboxylic acids is 1. The predicted octanol–water partition coefficient (Wildman–Crippen LogP) is 3.34. The van der Waals surface area contributed by atoms with Gasteiger partial charge in [-0.05, 0) is 11.1 Å². The summed E-state index contributed by atoms with van der Waals surface area (Å²) in [5.74, 6) is -0.139. The molecule has 2 aromatic rings. The van der Waals surface area contributed by atoms with E-state index >= 15 is 0 Å². The third-order valence-electron chi connectivity index (χ3n) is 3.59. The van der Waals surface area contributed by atoms with E-state index in [1.807, 2.05) is 60.7 Å². The Balaban J connectivity index is 0.00000133. The van der Waals surface area contributed by atoms with Crippen molar-refractivity contribution in [1.29, 1.82) is 0 Å². The van der Waals surface area contributed by atoms with Gasteiger partial charge in [0.05, 0.1) is 6.61 Å². The first kappa shape index (κ1) is 13.6. The zero-order chi connectivity index (χ0) is 12.4. The van der Waals surface area contributed by atoms with Crippen LogP contribution in [0.25, 0.3) is 0 Å². The van der Waals surface area contributed by atoms with Crippen LogP contribution >= 0.6 is 12.4 Å². The Morgan fingerprint density at radius 3 is 1.68 bits per heavy atom. The number of carbonyl (C=O) groups is 1. The molecule has 2 nitrogen and oxygen atoms in total. The Morgan fingerprint density at radius 1 is 0.842 bits per heavy atom. The molecule has 0 aliphatic carbocycles. The van der Waals surface area contributed by atoms with Crippen LogP contribution < -0.4 is 0 Å². The second kappa shape index (κ2) is 5.45. The highest BCUT2D eigenvalue weighted by Gasteiger charge is 2.47. The fraction of sp³-hybridized carbons (Fsp3) is 0.188. The van der Waals surface area contributed by atoms with Crippen LogP contribution in [0.2, 0.25) is 0 Å². The van der Waals surface area contributed by atoms with Crippen LogP contribution in [0.1, 0.15) is 17.5 Å². The molecule has 0 aromatic heterocycles. The Labute approximate surface area is 118 Å². The Bertz CT molecular complexity index is 512. The van der Waals surface area contributed by atoms with Crippen molar-refractivity contribution < 1.29 is 9.53 Å². The van der Waals surface area contributed by atoms with Crippen molar-refractivity contribution in [2.45, 2.75) is 11.8 Å². The van der Waals surface area contributed by atoms with Crippen molar-refractivity contribution >= 4 is 18.4 Å². The average Bonchev–Trinajstić information content (AvgIpc) is 2.84. The van der Waals surface area contributed by atoms with E-state index in [1.165, 1.54) is 0 Å². The Kier molecular flexibility index (Phi) is 3.91. The zero-order valence-electron chi connectivity index (χ0n) is 10.4. The number of halogens is 1. The van der Waals surface area contributed by atoms with Crippen LogP contribution in [0.3, 0.4) is 0 Å². The van der Waals surface area contributed by atoms with Gasteiger partial charge >= 0.3 is 5.97 Å². The molecule has 0 amide bonds. The van der Waals surface area contributed by atoms with Crippen molar-refractivity contribution in [3.8, 4) is 0 Å². The molecule has 98 valence electrons. The second-order valence-corrected chi connectivity index (χ2v) is 4.52. The molecule has 0 bridgehead atoms. The first-order chi connectivity index (χ1) is 8.84. The lowest BCUT2D eigenvalue weighted by Crippen LogP contribution is -2.32. The molecule has 19 heavy (non-hydrogen) atoms. The first-order valence-electron chi connectivity index (χ1n) is 6.12. The summed E-state index contributed by atoms with van der Waals surface area (Å²) in [5, 5.41) is 0. The topological polar surface area (TPSA) is 26.3 Å². The van der Waals surface area contributed by atoms with Crippen molar-refractivity contribution in [3.63, 3.8) is 0 Å². The smallest absolute Gasteiger partial charge is 0.321 e. The molecular weight excluding hydrogens is 260 g/mol. The SMILES string of the molecule is Cl.O=C1OCCC1(c1ccccc1)c1ccccc1. The highest BCUT2D eigenvalue weighted by atomic mass is 35.5. The Hall–Kier alpha value is -1.80. The maximum absolute atomic E-state index is 12.3. The normalized spacial score (nSPS) is 16.5. The number of cyclic esters (lactones) is 1. The highest BCUT2D eigenvalue weighted by molar-refractivity contribution is 5.89. The molecule has 1 aliphatic heterocycles. The van der Waals surface area contributed by atoms with Gasteiger partial charge in [-0.25, -0.2) is 0 Å². The molecule has 1 aliphatic rings. The van der Waals surface area contributed by atoms with Crippen LogP contribution in [-0.2, 0) is 14.9 Å². The molecule has 0 saturated carbocycles. The molecule has 0 spiro atoms. The summed E-state index contributed by atoms with van der Waals surface area (Å²) >= 11 is 0. The van der Waals surface area contributed by atoms with Gasteiger partial charge in [0.2, 0.25) is 0 Å². The van der Waals surface area contributed by atoms with Gasteiger partial charge in [0.25, 0.3) is 0 Å². The lowest BCUT2D eigenvalue weighted by Gasteiger charge is -2.25. The summed E-state index contributed by atoms with van der Waals surface area (Å²) in [6.45, 7) is 0.489. The van der Waals surface area contributed by atoms with Gasteiger partial charge in [0.1, 0.15) is 5.41 Å². The molecule has 1 fully saturated rings. The summed E-state index contributed by atoms with van der Waals surface area (Å²) in [6.07, 6.45) is 0.708. The van der Waals surface area contributed by atoms with Crippen LogP contribution in [0.4, 0.5) is 0 Å². The molecule has 1 saturated heterocycles. The molecule has 2 aromatic carbocycles. The molecular formula is C16H15ClO2. The van der Waals surface area contributed by atoms with E-state index in [9.17, 15) is 4.79 Å². The lowest BCUT2D eigenvalue weighted by atomic mass is 9.73. The van der Waals surface area contributed by atoms with Gasteiger partial charge in [0.15, 0.2) is 0 Å². The number of ether oxygens (including phenoxy) is 1. The third-order valence-corrected chi connectivity index (χ3v) is 3.59. The summed E-state index contributed by atoms with van der Waals surface area (Å²) in [5.41, 5.74) is 1.40. The molecule has 3 heteroatoms. The van der Waals surface area contributed by atoms with Gasteiger partial charge in [-0.3, -0.25) is 4.79 Å². The number of benzene rings is 2. The van der Waals surface area contributed by atoms with Crippen LogP contribution in [0.15, 0.2) is 60.7 Å². The minimum atomic E-state index is -0.622. The number of esters is 1. The maximum atomic E-state index is 12.3. The lowest BCUT2D eigenvalue weighted by molar-refractivity contribution is -0.141. The third kappa shape index (κ3) is 2.13. The van der Waals surface area contributed by atoms with Crippen molar-refractivity contribution in [1.82, 2.24) is 0 Å². The van der Waals surface area contributed by atoms with Crippen molar-refractivity contribution in [2.24, 2.45) is 0 Å². The summed E-state index contributed by atoms with van der Waals surface area (Å²) in [7, 11) is 0. The molecule has 3 rings (SSSR count). The van der Waals surface area contributed by atoms with E-state index in [4.69, 9.17) is 4.74 Å². The van der Waals surface area contributed by atoms with Crippen molar-refractivity contribution in [3.05, 3.63) is 71.8 Å². The Morgan fingerprint density at radius 2 is 1.32 bits per heavy atom. The zero-order valence-corrected chi connectivity index (χ0v) is 11.2. The number of hydrogen-bond acceptors (Lipinski definition) is 2. The fourth-order valence-electron chi connectivity index (χ4n) is 2.66. The average molecular weight is 275 g/mol. The minimum Gasteiger partial charge on any atom is -0.465 e. The quantitative estimate of drug-likeness (QED) is 0.785. The highest BCUT2D eigenvalue weighted by Crippen LogP contribution is 2.40. The van der Waals surface area contributed by atoms with E-state index in [0.717, 1.165) is 11.1 Å². The number of rotatable bonds is 2. The van der Waals surface area contributed by atoms with Crippen LogP contribution in [-0.4, -0.2) is 12.6 Å². The van der Waals surface area contributed by atoms with Crippen molar-refractivity contribution in [2.75, 3.05) is 6.61 Å². The molecule has 0 N–H and O–H groups in total. The van der Waals surface area contributed by atoms with Gasteiger partial charge in [-0.2, -0.15) is 0 Å². The number of hydrogen-bond donors (Lipinski definition) is 0. The predicted molar refractivity (Wildman–Crippen MR) is 76.5 cm³/mol. The second-order valence-electron chi connectivity index (χ2n) is 4.52. The van der Waals surface area contributed by atoms with Gasteiger partial charge in [-0.1, -0.05) is 60.7 Å². The van der Waals surface area contributed by atoms with E-state index in [1.54, 1.807) is 0 Å². The van der Waals surface area contributed by atoms with Gasteiger partial charge in [-0.15, -0.1) is 12.4 Å².